The number of fused-ring (bicyclic) bond motifs is 5. The van der Waals surface area contributed by atoms with Crippen molar-refractivity contribution >= 4 is 41.7 Å². The lowest BCUT2D eigenvalue weighted by Gasteiger charge is -2.61. The third-order valence-corrected chi connectivity index (χ3v) is 19.6. The van der Waals surface area contributed by atoms with Gasteiger partial charge in [0.15, 0.2) is 0 Å². The van der Waals surface area contributed by atoms with Crippen LogP contribution in [0.3, 0.4) is 0 Å². The summed E-state index contributed by atoms with van der Waals surface area (Å²) in [6.45, 7) is 22.4. The first kappa shape index (κ1) is 70.2. The highest BCUT2D eigenvalue weighted by Crippen LogP contribution is 2.68. The molecule has 84 heavy (non-hydrogen) atoms. The number of nitrogens with zero attached hydrogens (tertiary/aromatic N) is 3. The van der Waals surface area contributed by atoms with Gasteiger partial charge in [0, 0.05) is 45.6 Å². The second kappa shape index (κ2) is 35.9. The van der Waals surface area contributed by atoms with Crippen LogP contribution in [0.15, 0.2) is 24.3 Å². The minimum atomic E-state index is -0.747. The summed E-state index contributed by atoms with van der Waals surface area (Å²) in [5.41, 5.74) is 2.96. The van der Waals surface area contributed by atoms with Crippen molar-refractivity contribution in [2.45, 2.75) is 203 Å². The highest BCUT2D eigenvalue weighted by molar-refractivity contribution is 5.78. The van der Waals surface area contributed by atoms with E-state index >= 15 is 0 Å². The van der Waals surface area contributed by atoms with E-state index in [0.29, 0.717) is 55.4 Å². The molecule has 1 aromatic carbocycles. The van der Waals surface area contributed by atoms with Gasteiger partial charge in [0.1, 0.15) is 12.1 Å². The summed E-state index contributed by atoms with van der Waals surface area (Å²) in [7, 11) is 0. The predicted molar refractivity (Wildman–Crippen MR) is 324 cm³/mol. The third kappa shape index (κ3) is 21.7. The van der Waals surface area contributed by atoms with Crippen molar-refractivity contribution in [3.8, 4) is 0 Å². The molecule has 4 aliphatic carbocycles. The summed E-state index contributed by atoms with van der Waals surface area (Å²) in [5.74, 6) is 2.85. The van der Waals surface area contributed by atoms with E-state index in [0.717, 1.165) is 65.9 Å². The molecule has 1 unspecified atom stereocenters. The van der Waals surface area contributed by atoms with Gasteiger partial charge < -0.3 is 33.7 Å². The number of aryl methyl sites for hydroxylation is 1. The summed E-state index contributed by atoms with van der Waals surface area (Å²) in [6, 6.07) is 7.44. The molecule has 17 nitrogen and oxygen atoms in total. The molecule has 1 amide bonds. The van der Waals surface area contributed by atoms with Gasteiger partial charge in [0.25, 0.3) is 0 Å². The van der Waals surface area contributed by atoms with Crippen LogP contribution in [0, 0.1) is 52.3 Å². The number of rotatable bonds is 38. The van der Waals surface area contributed by atoms with Gasteiger partial charge in [-0.05, 0) is 188 Å². The second-order valence-electron chi connectivity index (χ2n) is 25.7. The molecule has 0 bridgehead atoms. The van der Waals surface area contributed by atoms with Gasteiger partial charge in [-0.3, -0.25) is 48.3 Å². The molecule has 1 aromatic rings. The van der Waals surface area contributed by atoms with Gasteiger partial charge in [-0.1, -0.05) is 78.1 Å². The topological polar surface area (TPSA) is 197 Å². The normalized spacial score (nSPS) is 24.4. The van der Waals surface area contributed by atoms with Crippen molar-refractivity contribution in [3.05, 3.63) is 35.4 Å². The van der Waals surface area contributed by atoms with E-state index in [9.17, 15) is 33.6 Å². The third-order valence-electron chi connectivity index (χ3n) is 19.6. The largest absolute Gasteiger partial charge is 0.465 e. The van der Waals surface area contributed by atoms with Crippen LogP contribution in [0.2, 0.25) is 0 Å². The molecular formula is C67H110N4O13. The molecule has 1 N–H and O–H groups in total. The number of carbonyl (C=O) groups excluding carboxylic acids is 7. The van der Waals surface area contributed by atoms with Crippen molar-refractivity contribution in [1.82, 2.24) is 20.0 Å². The first-order valence-corrected chi connectivity index (χ1v) is 32.8. The Labute approximate surface area is 504 Å². The van der Waals surface area contributed by atoms with Crippen molar-refractivity contribution in [3.63, 3.8) is 0 Å². The Kier molecular flexibility index (Phi) is 30.0. The van der Waals surface area contributed by atoms with Crippen molar-refractivity contribution in [1.29, 1.82) is 0 Å². The molecule has 4 saturated carbocycles. The SMILES string of the molecule is CCOC(=O)CN(CCN(CCN(CC(=O)OCC)CC(=O)OCC)C(CCCc1ccc(CCNC(=O)CCCC(=O)O[C@H]2CC[C@@]3(C)[C@@H](CC[C@@H]4[C@@H]3CC[C@]3(C)[C@@H]([C@H](C)CCCC(C)C)CC[C@@H]43)C2)cc1)C(=O)OCC)CC(=O)OCC. The smallest absolute Gasteiger partial charge is 0.323 e. The molecule has 0 saturated heterocycles. The number of ether oxygens (including phenoxy) is 6. The Morgan fingerprint density at radius 1 is 0.560 bits per heavy atom. The molecule has 10 atom stereocenters. The van der Waals surface area contributed by atoms with Crippen molar-refractivity contribution < 1.29 is 62.0 Å². The van der Waals surface area contributed by atoms with Crippen LogP contribution in [0.4, 0.5) is 0 Å². The van der Waals surface area contributed by atoms with Crippen LogP contribution in [0.1, 0.15) is 190 Å². The van der Waals surface area contributed by atoms with E-state index in [4.69, 9.17) is 28.4 Å². The lowest BCUT2D eigenvalue weighted by molar-refractivity contribution is -0.163. The lowest BCUT2D eigenvalue weighted by Crippen LogP contribution is -2.54. The number of carbonyl (C=O) groups is 7. The minimum Gasteiger partial charge on any atom is -0.465 e. The first-order valence-electron chi connectivity index (χ1n) is 32.8. The van der Waals surface area contributed by atoms with Crippen LogP contribution in [0.5, 0.6) is 0 Å². The Balaban J connectivity index is 1.07. The molecule has 476 valence electrons. The fraction of sp³-hybridized carbons (Fsp3) is 0.806. The maximum atomic E-state index is 13.8. The van der Waals surface area contributed by atoms with Gasteiger partial charge in [0.2, 0.25) is 5.91 Å². The van der Waals surface area contributed by atoms with E-state index in [1.54, 1.807) is 44.4 Å². The molecule has 0 heterocycles. The predicted octanol–water partition coefficient (Wildman–Crippen LogP) is 9.96. The zero-order valence-electron chi connectivity index (χ0n) is 53.5. The van der Waals surface area contributed by atoms with Crippen LogP contribution < -0.4 is 5.32 Å². The molecule has 0 aliphatic heterocycles. The van der Waals surface area contributed by atoms with Gasteiger partial charge >= 0.3 is 35.8 Å². The highest BCUT2D eigenvalue weighted by Gasteiger charge is 2.60. The van der Waals surface area contributed by atoms with Gasteiger partial charge in [-0.25, -0.2) is 0 Å². The number of benzene rings is 1. The van der Waals surface area contributed by atoms with Crippen LogP contribution in [-0.4, -0.2) is 161 Å². The van der Waals surface area contributed by atoms with Crippen molar-refractivity contribution in [2.75, 3.05) is 91.9 Å². The number of esters is 6. The maximum absolute atomic E-state index is 13.8. The Hall–Kier alpha value is -4.61. The van der Waals surface area contributed by atoms with Gasteiger partial charge in [0.05, 0.1) is 59.2 Å². The standard InChI is InChI=1S/C67H110N4O13/c1-11-79-61(74)44-69(45-62(75)80-12-2)39-41-71(42-40-70(46-63(76)81-13-3)47-64(77)82-14-4)58(65(78)83-15-5)22-17-21-50-25-27-51(28-26-50)35-38-68-59(72)23-18-24-60(73)84-53-33-36-66(9)52(43-53)29-30-54-56-32-31-55(49(8)20-16-19-48(6)7)67(56,10)37-34-57(54)66/h25-28,48-49,52-58H,11-24,29-47H2,1-10H3,(H,68,72)/t49-,52+,53+,54+,55-,56+,57+,58?,66+,67-/m1/s1. The summed E-state index contributed by atoms with van der Waals surface area (Å²) < 4.78 is 32.5. The van der Waals surface area contributed by atoms with Crippen LogP contribution >= 0.6 is 0 Å². The Bertz CT molecular complexity index is 2120. The van der Waals surface area contributed by atoms with Gasteiger partial charge in [-0.2, -0.15) is 0 Å². The number of hydrogen-bond donors (Lipinski definition) is 1. The Morgan fingerprint density at radius 2 is 1.10 bits per heavy atom. The van der Waals surface area contributed by atoms with Crippen LogP contribution in [0.25, 0.3) is 0 Å². The van der Waals surface area contributed by atoms with E-state index in [2.05, 4.69) is 52.1 Å². The number of hydrogen-bond acceptors (Lipinski definition) is 16. The summed E-state index contributed by atoms with van der Waals surface area (Å²) in [4.78, 5) is 95.7. The highest BCUT2D eigenvalue weighted by atomic mass is 16.6. The minimum absolute atomic E-state index is 0.0239. The molecule has 4 fully saturated rings. The fourth-order valence-electron chi connectivity index (χ4n) is 15.4. The van der Waals surface area contributed by atoms with Crippen molar-refractivity contribution in [2.24, 2.45) is 52.3 Å². The molecule has 4 aliphatic rings. The fourth-order valence-corrected chi connectivity index (χ4v) is 15.4. The molecule has 17 heteroatoms. The summed E-state index contributed by atoms with van der Waals surface area (Å²) >= 11 is 0. The van der Waals surface area contributed by atoms with E-state index < -0.39 is 35.9 Å². The molecule has 5 rings (SSSR count). The molecular weight excluding hydrogens is 1070 g/mol. The average molecular weight is 1180 g/mol. The van der Waals surface area contributed by atoms with Crippen LogP contribution in [-0.2, 0) is 74.8 Å². The van der Waals surface area contributed by atoms with Gasteiger partial charge in [-0.15, -0.1) is 0 Å². The summed E-state index contributed by atoms with van der Waals surface area (Å²) in [6.07, 6.45) is 18.6. The summed E-state index contributed by atoms with van der Waals surface area (Å²) in [5, 5.41) is 3.03. The second-order valence-corrected chi connectivity index (χ2v) is 25.7. The maximum Gasteiger partial charge on any atom is 0.323 e. The monoisotopic (exact) mass is 1180 g/mol. The van der Waals surface area contributed by atoms with E-state index in [1.165, 1.54) is 57.8 Å². The zero-order valence-corrected chi connectivity index (χ0v) is 53.5. The first-order chi connectivity index (χ1) is 40.3. The quantitative estimate of drug-likeness (QED) is 0.0485. The van der Waals surface area contributed by atoms with E-state index in [1.807, 2.05) is 17.0 Å². The Morgan fingerprint density at radius 3 is 1.64 bits per heavy atom. The van der Waals surface area contributed by atoms with E-state index in [-0.39, 0.29) is 116 Å². The lowest BCUT2D eigenvalue weighted by atomic mass is 9.44. The number of nitrogens with one attached hydrogen (secondary N) is 1. The zero-order chi connectivity index (χ0) is 61.2. The average Bonchev–Trinajstić information content (AvgIpc) is 2.02. The number of amides is 1. The molecule has 0 aromatic heterocycles. The molecule has 0 radical (unpaired) electrons. The molecule has 0 spiro atoms.